The maximum Gasteiger partial charge on any atom is 0.222 e. The molecular weight excluding hydrogens is 326 g/mol. The Labute approximate surface area is 146 Å². The third-order valence-electron chi connectivity index (χ3n) is 4.70. The number of nitrogens with zero attached hydrogens (tertiary/aromatic N) is 3. The first-order valence-corrected chi connectivity index (χ1v) is 8.55. The molecule has 4 rings (SSSR count). The summed E-state index contributed by atoms with van der Waals surface area (Å²) < 4.78 is 5.89. The highest BCUT2D eigenvalue weighted by atomic mass is 35.5. The monoisotopic (exact) mass is 345 g/mol. The smallest absolute Gasteiger partial charge is 0.222 e. The van der Waals surface area contributed by atoms with Crippen molar-refractivity contribution in [3.8, 4) is 17.0 Å². The number of nitrogens with one attached hydrogen (secondary N) is 1. The van der Waals surface area contributed by atoms with Crippen LogP contribution in [-0.4, -0.2) is 42.8 Å². The topological polar surface area (TPSA) is 76.3 Å². The van der Waals surface area contributed by atoms with Gasteiger partial charge in [0.2, 0.25) is 5.95 Å². The van der Waals surface area contributed by atoms with Crippen LogP contribution < -0.4 is 20.7 Å². The van der Waals surface area contributed by atoms with Gasteiger partial charge in [0.25, 0.3) is 0 Å². The van der Waals surface area contributed by atoms with Crippen LogP contribution >= 0.6 is 11.6 Å². The van der Waals surface area contributed by atoms with Crippen LogP contribution in [0.25, 0.3) is 11.3 Å². The Balaban J connectivity index is 1.85. The lowest BCUT2D eigenvalue weighted by Crippen LogP contribution is -2.30. The van der Waals surface area contributed by atoms with Crippen molar-refractivity contribution in [1.82, 2.24) is 15.3 Å². The van der Waals surface area contributed by atoms with Crippen LogP contribution in [0.15, 0.2) is 18.2 Å². The van der Waals surface area contributed by atoms with Gasteiger partial charge in [-0.2, -0.15) is 4.98 Å². The van der Waals surface area contributed by atoms with Crippen LogP contribution in [0.5, 0.6) is 5.75 Å². The maximum atomic E-state index is 6.19. The number of ether oxygens (including phenoxy) is 1. The number of benzene rings is 1. The van der Waals surface area contributed by atoms with Gasteiger partial charge in [-0.25, -0.2) is 4.98 Å². The fourth-order valence-electron chi connectivity index (χ4n) is 3.47. The molecule has 2 aromatic rings. The number of aromatic nitrogens is 2. The second-order valence-corrected chi connectivity index (χ2v) is 6.63. The highest BCUT2D eigenvalue weighted by Crippen LogP contribution is 2.39. The number of halogens is 1. The highest BCUT2D eigenvalue weighted by molar-refractivity contribution is 6.31. The number of nitrogen functional groups attached to an aromatic ring is 1. The summed E-state index contributed by atoms with van der Waals surface area (Å²) in [6.07, 6.45) is 1.84. The largest absolute Gasteiger partial charge is 0.493 e. The molecule has 0 unspecified atom stereocenters. The van der Waals surface area contributed by atoms with E-state index >= 15 is 0 Å². The molecule has 0 aliphatic carbocycles. The fourth-order valence-corrected chi connectivity index (χ4v) is 3.64. The van der Waals surface area contributed by atoms with Crippen LogP contribution in [-0.2, 0) is 6.42 Å². The quantitative estimate of drug-likeness (QED) is 0.868. The number of fused-ring (bicyclic) bond motifs is 3. The van der Waals surface area contributed by atoms with Crippen molar-refractivity contribution >= 4 is 23.4 Å². The number of nitrogens with two attached hydrogens (primary N) is 1. The summed E-state index contributed by atoms with van der Waals surface area (Å²) in [7, 11) is 2.00. The van der Waals surface area contributed by atoms with Crippen LogP contribution in [0, 0.1) is 0 Å². The summed E-state index contributed by atoms with van der Waals surface area (Å²) in [5.41, 5.74) is 8.83. The molecule has 2 aliphatic rings. The van der Waals surface area contributed by atoms with Gasteiger partial charge < -0.3 is 20.7 Å². The molecule has 7 heteroatoms. The molecule has 1 aromatic carbocycles. The molecule has 24 heavy (non-hydrogen) atoms. The number of anilines is 2. The third kappa shape index (κ3) is 2.65. The van der Waals surface area contributed by atoms with Gasteiger partial charge in [-0.05, 0) is 31.7 Å². The zero-order valence-electron chi connectivity index (χ0n) is 13.6. The van der Waals surface area contributed by atoms with Crippen LogP contribution in [0.4, 0.5) is 11.8 Å². The second-order valence-electron chi connectivity index (χ2n) is 6.19. The predicted octanol–water partition coefficient (Wildman–Crippen LogP) is 2.11. The molecule has 1 saturated heterocycles. The summed E-state index contributed by atoms with van der Waals surface area (Å²) >= 11 is 6.19. The van der Waals surface area contributed by atoms with E-state index in [4.69, 9.17) is 22.1 Å². The molecule has 3 heterocycles. The molecule has 2 aliphatic heterocycles. The molecule has 0 spiro atoms. The lowest BCUT2D eigenvalue weighted by molar-refractivity contribution is 0.326. The van der Waals surface area contributed by atoms with E-state index < -0.39 is 0 Å². The van der Waals surface area contributed by atoms with E-state index in [1.165, 1.54) is 0 Å². The zero-order valence-corrected chi connectivity index (χ0v) is 14.3. The van der Waals surface area contributed by atoms with Crippen molar-refractivity contribution < 1.29 is 4.74 Å². The Bertz CT molecular complexity index is 782. The molecule has 1 fully saturated rings. The van der Waals surface area contributed by atoms with Crippen molar-refractivity contribution in [2.45, 2.75) is 18.9 Å². The molecule has 1 aromatic heterocycles. The normalized spacial score (nSPS) is 19.4. The first-order chi connectivity index (χ1) is 11.7. The molecule has 0 bridgehead atoms. The summed E-state index contributed by atoms with van der Waals surface area (Å²) in [6.45, 7) is 2.46. The molecular formula is C17H20ClN5O. The molecule has 126 valence electrons. The minimum atomic E-state index is 0.282. The third-order valence-corrected chi connectivity index (χ3v) is 4.94. The Morgan fingerprint density at radius 2 is 2.25 bits per heavy atom. The van der Waals surface area contributed by atoms with Crippen molar-refractivity contribution in [3.63, 3.8) is 0 Å². The lowest BCUT2D eigenvalue weighted by Gasteiger charge is -2.22. The van der Waals surface area contributed by atoms with Gasteiger partial charge in [0.05, 0.1) is 12.3 Å². The molecule has 1 atom stereocenters. The van der Waals surface area contributed by atoms with E-state index in [2.05, 4.69) is 20.2 Å². The van der Waals surface area contributed by atoms with E-state index in [-0.39, 0.29) is 5.95 Å². The first-order valence-electron chi connectivity index (χ1n) is 8.17. The summed E-state index contributed by atoms with van der Waals surface area (Å²) in [5.74, 6) is 1.99. The highest BCUT2D eigenvalue weighted by Gasteiger charge is 2.28. The molecule has 6 nitrogen and oxygen atoms in total. The second kappa shape index (κ2) is 6.11. The van der Waals surface area contributed by atoms with Gasteiger partial charge >= 0.3 is 0 Å². The van der Waals surface area contributed by atoms with Crippen molar-refractivity contribution in [1.29, 1.82) is 0 Å². The Morgan fingerprint density at radius 1 is 1.38 bits per heavy atom. The number of rotatable bonds is 2. The van der Waals surface area contributed by atoms with Gasteiger partial charge in [-0.15, -0.1) is 0 Å². The number of hydrogen-bond acceptors (Lipinski definition) is 6. The van der Waals surface area contributed by atoms with Gasteiger partial charge in [0.1, 0.15) is 11.6 Å². The van der Waals surface area contributed by atoms with E-state index in [9.17, 15) is 0 Å². The number of hydrogen-bond donors (Lipinski definition) is 2. The van der Waals surface area contributed by atoms with E-state index in [0.29, 0.717) is 17.7 Å². The minimum absolute atomic E-state index is 0.282. The summed E-state index contributed by atoms with van der Waals surface area (Å²) in [5, 5.41) is 3.99. The zero-order chi connectivity index (χ0) is 16.7. The lowest BCUT2D eigenvalue weighted by atomic mass is 10.0. The summed E-state index contributed by atoms with van der Waals surface area (Å²) in [6, 6.07) is 6.07. The van der Waals surface area contributed by atoms with Crippen molar-refractivity contribution in [3.05, 3.63) is 28.8 Å². The predicted molar refractivity (Wildman–Crippen MR) is 95.8 cm³/mol. The van der Waals surface area contributed by atoms with Gasteiger partial charge in [-0.1, -0.05) is 11.6 Å². The SMILES string of the molecule is CN[C@@H]1CCN(c2nc(N)nc3c2CCOc2ccc(Cl)cc2-3)C1. The maximum absolute atomic E-state index is 6.19. The Morgan fingerprint density at radius 3 is 3.04 bits per heavy atom. The molecule has 0 radical (unpaired) electrons. The molecule has 0 amide bonds. The average molecular weight is 346 g/mol. The first kappa shape index (κ1) is 15.5. The van der Waals surface area contributed by atoms with E-state index in [1.54, 1.807) is 0 Å². The van der Waals surface area contributed by atoms with Gasteiger partial charge in [0, 0.05) is 41.7 Å². The fraction of sp³-hybridized carbons (Fsp3) is 0.412. The van der Waals surface area contributed by atoms with E-state index in [1.807, 2.05) is 25.2 Å². The molecule has 3 N–H and O–H groups in total. The average Bonchev–Trinajstić information content (AvgIpc) is 2.98. The van der Waals surface area contributed by atoms with Crippen molar-refractivity contribution in [2.75, 3.05) is 37.4 Å². The number of likely N-dealkylation sites (N-methyl/N-ethyl adjacent to an activating group) is 1. The standard InChI is InChI=1S/C17H20ClN5O/c1-20-11-4-6-23(9-11)16-12-5-7-24-14-3-2-10(18)8-13(14)15(12)21-17(19)22-16/h2-3,8,11,20H,4-7,9H2,1H3,(H2,19,21,22)/t11-/m1/s1. The molecule has 0 saturated carbocycles. The minimum Gasteiger partial charge on any atom is -0.493 e. The van der Waals surface area contributed by atoms with E-state index in [0.717, 1.165) is 54.3 Å². The van der Waals surface area contributed by atoms with Crippen molar-refractivity contribution in [2.24, 2.45) is 0 Å². The van der Waals surface area contributed by atoms with Crippen LogP contribution in [0.3, 0.4) is 0 Å². The van der Waals surface area contributed by atoms with Crippen LogP contribution in [0.1, 0.15) is 12.0 Å². The Hall–Kier alpha value is -2.05. The van der Waals surface area contributed by atoms with Crippen LogP contribution in [0.2, 0.25) is 5.02 Å². The Kier molecular flexibility index (Phi) is 3.94. The van der Waals surface area contributed by atoms with Gasteiger partial charge in [-0.3, -0.25) is 0 Å². The van der Waals surface area contributed by atoms with Gasteiger partial charge in [0.15, 0.2) is 0 Å². The summed E-state index contributed by atoms with van der Waals surface area (Å²) in [4.78, 5) is 11.3.